The highest BCUT2D eigenvalue weighted by atomic mass is 19.1. The summed E-state index contributed by atoms with van der Waals surface area (Å²) in [5, 5.41) is 0. The summed E-state index contributed by atoms with van der Waals surface area (Å²) in [4.78, 5) is 0. The van der Waals surface area contributed by atoms with E-state index < -0.39 is 0 Å². The van der Waals surface area contributed by atoms with Gasteiger partial charge in [-0.15, -0.1) is 0 Å². The Morgan fingerprint density at radius 2 is 1.50 bits per heavy atom. The molecule has 0 aromatic carbocycles. The molecule has 0 atom stereocenters. The lowest BCUT2D eigenvalue weighted by atomic mass is 10.4. The Bertz CT molecular complexity index is 55.7. The third-order valence-corrected chi connectivity index (χ3v) is 0.651. The molecule has 0 heterocycles. The van der Waals surface area contributed by atoms with Crippen molar-refractivity contribution in [1.29, 1.82) is 0 Å². The van der Waals surface area contributed by atoms with Crippen molar-refractivity contribution in [3.05, 3.63) is 11.9 Å². The van der Waals surface area contributed by atoms with Gasteiger partial charge in [-0.25, -0.2) is 4.39 Å². The van der Waals surface area contributed by atoms with E-state index >= 15 is 0 Å². The van der Waals surface area contributed by atoms with E-state index in [1.165, 1.54) is 6.08 Å². The largest absolute Gasteiger partial charge is 0.212 e. The van der Waals surface area contributed by atoms with E-state index in [0.29, 0.717) is 6.42 Å². The van der Waals surface area contributed by atoms with Gasteiger partial charge in [-0.05, 0) is 13.3 Å². The first kappa shape index (κ1) is 16.3. The highest BCUT2D eigenvalue weighted by molar-refractivity contribution is 4.85. The van der Waals surface area contributed by atoms with Crippen molar-refractivity contribution in [2.45, 2.75) is 48.0 Å². The summed E-state index contributed by atoms with van der Waals surface area (Å²) in [6, 6.07) is 0. The molecule has 0 saturated heterocycles. The van der Waals surface area contributed by atoms with E-state index in [1.807, 2.05) is 27.7 Å². The molecule has 0 aliphatic rings. The minimum absolute atomic E-state index is 0.0324. The molecule has 0 fully saturated rings. The van der Waals surface area contributed by atoms with E-state index in [1.54, 1.807) is 13.8 Å². The van der Waals surface area contributed by atoms with Crippen LogP contribution < -0.4 is 0 Å². The summed E-state index contributed by atoms with van der Waals surface area (Å²) in [5.41, 5.74) is 0. The lowest BCUT2D eigenvalue weighted by Gasteiger charge is -1.79. The maximum Gasteiger partial charge on any atom is 0.0954 e. The van der Waals surface area contributed by atoms with E-state index in [4.69, 9.17) is 0 Å². The smallest absolute Gasteiger partial charge is 0.0954 e. The van der Waals surface area contributed by atoms with E-state index in [0.717, 1.165) is 0 Å². The van der Waals surface area contributed by atoms with Crippen LogP contribution in [0.15, 0.2) is 11.9 Å². The zero-order chi connectivity index (χ0) is 8.99. The van der Waals surface area contributed by atoms with Crippen molar-refractivity contribution in [3.8, 4) is 0 Å². The monoisotopic (exact) mass is 148 g/mol. The Hall–Kier alpha value is -0.330. The minimum atomic E-state index is -0.0324. The predicted octanol–water partition coefficient (Wildman–Crippen LogP) is 4.32. The predicted molar refractivity (Wildman–Crippen MR) is 47.9 cm³/mol. The van der Waals surface area contributed by atoms with Crippen molar-refractivity contribution >= 4 is 0 Å². The van der Waals surface area contributed by atoms with E-state index in [2.05, 4.69) is 0 Å². The molecule has 0 nitrogen and oxygen atoms in total. The zero-order valence-corrected chi connectivity index (χ0v) is 8.16. The normalized spacial score (nSPS) is 8.50. The maximum absolute atomic E-state index is 11.7. The first-order valence-corrected chi connectivity index (χ1v) is 4.12. The number of rotatable bonds is 1. The Kier molecular flexibility index (Phi) is 38.2. The van der Waals surface area contributed by atoms with Crippen LogP contribution in [0.1, 0.15) is 48.0 Å². The molecule has 0 aromatic heterocycles. The standard InChI is InChI=1S/C5H9F.2C2H6/c1-3-5(6)4-2;2*1-2/h3H,4H2,1-2H3;2*1-2H3/b5-3+;;. The van der Waals surface area contributed by atoms with Crippen LogP contribution in [0.2, 0.25) is 0 Å². The first-order valence-electron chi connectivity index (χ1n) is 4.12. The van der Waals surface area contributed by atoms with Crippen LogP contribution in [0.25, 0.3) is 0 Å². The summed E-state index contributed by atoms with van der Waals surface area (Å²) in [5.74, 6) is -0.0324. The van der Waals surface area contributed by atoms with Gasteiger partial charge in [-0.2, -0.15) is 0 Å². The Balaban J connectivity index is -0.000000105. The third kappa shape index (κ3) is 25.3. The van der Waals surface area contributed by atoms with Crippen LogP contribution in [0.3, 0.4) is 0 Å². The zero-order valence-electron chi connectivity index (χ0n) is 8.16. The molecule has 0 saturated carbocycles. The second-order valence-corrected chi connectivity index (χ2v) is 1.09. The van der Waals surface area contributed by atoms with Crippen molar-refractivity contribution in [1.82, 2.24) is 0 Å². The number of hydrogen-bond acceptors (Lipinski definition) is 0. The topological polar surface area (TPSA) is 0 Å². The summed E-state index contributed by atoms with van der Waals surface area (Å²) in [6.07, 6.45) is 2.00. The van der Waals surface area contributed by atoms with Crippen molar-refractivity contribution in [2.24, 2.45) is 0 Å². The van der Waals surface area contributed by atoms with Gasteiger partial charge in [0.2, 0.25) is 0 Å². The summed E-state index contributed by atoms with van der Waals surface area (Å²) >= 11 is 0. The molecule has 64 valence electrons. The quantitative estimate of drug-likeness (QED) is 0.519. The van der Waals surface area contributed by atoms with Gasteiger partial charge in [0.15, 0.2) is 0 Å². The molecule has 0 rings (SSSR count). The van der Waals surface area contributed by atoms with Gasteiger partial charge >= 0.3 is 0 Å². The molecule has 0 amide bonds. The third-order valence-electron chi connectivity index (χ3n) is 0.651. The van der Waals surface area contributed by atoms with Gasteiger partial charge in [0, 0.05) is 0 Å². The number of hydrogen-bond donors (Lipinski definition) is 0. The van der Waals surface area contributed by atoms with E-state index in [9.17, 15) is 4.39 Å². The molecule has 1 heteroatoms. The molecule has 0 aromatic rings. The number of allylic oxidation sites excluding steroid dienone is 2. The lowest BCUT2D eigenvalue weighted by Crippen LogP contribution is -1.61. The molecule has 0 bridgehead atoms. The fourth-order valence-electron chi connectivity index (χ4n) is 0.204. The fraction of sp³-hybridized carbons (Fsp3) is 0.778. The van der Waals surface area contributed by atoms with Crippen LogP contribution >= 0.6 is 0 Å². The average Bonchev–Trinajstić information content (AvgIpc) is 2.10. The molecule has 10 heavy (non-hydrogen) atoms. The number of halogens is 1. The molecule has 0 spiro atoms. The summed E-state index contributed by atoms with van der Waals surface area (Å²) in [6.45, 7) is 11.5. The van der Waals surface area contributed by atoms with Crippen molar-refractivity contribution in [2.75, 3.05) is 0 Å². The first-order chi connectivity index (χ1) is 4.81. The molecule has 0 unspecified atom stereocenters. The molecule has 0 N–H and O–H groups in total. The molecular weight excluding hydrogens is 127 g/mol. The average molecular weight is 148 g/mol. The molecular formula is C9H21F. The lowest BCUT2D eigenvalue weighted by molar-refractivity contribution is 0.602. The van der Waals surface area contributed by atoms with Gasteiger partial charge in [0.05, 0.1) is 5.83 Å². The van der Waals surface area contributed by atoms with E-state index in [-0.39, 0.29) is 5.83 Å². The Morgan fingerprint density at radius 3 is 1.50 bits per heavy atom. The van der Waals surface area contributed by atoms with Gasteiger partial charge < -0.3 is 0 Å². The molecule has 0 radical (unpaired) electrons. The van der Waals surface area contributed by atoms with Gasteiger partial charge in [-0.1, -0.05) is 40.7 Å². The van der Waals surface area contributed by atoms with Gasteiger partial charge in [0.1, 0.15) is 0 Å². The van der Waals surface area contributed by atoms with Crippen LogP contribution in [-0.4, -0.2) is 0 Å². The summed E-state index contributed by atoms with van der Waals surface area (Å²) in [7, 11) is 0. The Labute approximate surface area is 65.1 Å². The SMILES string of the molecule is C/C=C(/F)CC.CC.CC. The molecule has 0 aliphatic carbocycles. The van der Waals surface area contributed by atoms with Crippen molar-refractivity contribution in [3.63, 3.8) is 0 Å². The highest BCUT2D eigenvalue weighted by Crippen LogP contribution is 1.98. The second kappa shape index (κ2) is 23.4. The highest BCUT2D eigenvalue weighted by Gasteiger charge is 1.79. The van der Waals surface area contributed by atoms with Crippen LogP contribution in [0.5, 0.6) is 0 Å². The van der Waals surface area contributed by atoms with Crippen LogP contribution in [-0.2, 0) is 0 Å². The van der Waals surface area contributed by atoms with Gasteiger partial charge in [0.25, 0.3) is 0 Å². The minimum Gasteiger partial charge on any atom is -0.212 e. The maximum atomic E-state index is 11.7. The van der Waals surface area contributed by atoms with Gasteiger partial charge in [-0.3, -0.25) is 0 Å². The van der Waals surface area contributed by atoms with Crippen LogP contribution in [0, 0.1) is 0 Å². The van der Waals surface area contributed by atoms with Crippen LogP contribution in [0.4, 0.5) is 4.39 Å². The summed E-state index contributed by atoms with van der Waals surface area (Å²) < 4.78 is 11.7. The Morgan fingerprint density at radius 1 is 1.20 bits per heavy atom. The molecule has 0 aliphatic heterocycles. The fourth-order valence-corrected chi connectivity index (χ4v) is 0.204. The van der Waals surface area contributed by atoms with Crippen molar-refractivity contribution < 1.29 is 4.39 Å². The second-order valence-electron chi connectivity index (χ2n) is 1.09.